The van der Waals surface area contributed by atoms with Crippen molar-refractivity contribution >= 4 is 11.7 Å². The molecule has 1 aromatic carbocycles. The van der Waals surface area contributed by atoms with Crippen molar-refractivity contribution < 1.29 is 18.9 Å². The molecule has 2 aromatic rings. The van der Waals surface area contributed by atoms with Crippen LogP contribution in [0.5, 0.6) is 0 Å². The van der Waals surface area contributed by atoms with Crippen LogP contribution in [0.1, 0.15) is 25.5 Å². The predicted octanol–water partition coefficient (Wildman–Crippen LogP) is 3.63. The number of benzene rings is 1. The fraction of sp³-hybridized carbons (Fsp3) is 0.421. The molecule has 1 saturated heterocycles. The number of likely N-dealkylation sites (tertiary alicyclic amines) is 1. The SMILES string of the molecule is CCOC(=O)C1CCN(Cc2ccc(-c3ccccc3[N+](=O)[O-])o2)CC1. The maximum Gasteiger partial charge on any atom is 0.309 e. The molecule has 26 heavy (non-hydrogen) atoms. The highest BCUT2D eigenvalue weighted by molar-refractivity contribution is 5.72. The van der Waals surface area contributed by atoms with E-state index in [1.54, 1.807) is 24.3 Å². The highest BCUT2D eigenvalue weighted by Gasteiger charge is 2.26. The lowest BCUT2D eigenvalue weighted by Crippen LogP contribution is -2.36. The maximum atomic E-state index is 11.8. The smallest absolute Gasteiger partial charge is 0.309 e. The van der Waals surface area contributed by atoms with Gasteiger partial charge in [0.15, 0.2) is 0 Å². The Morgan fingerprint density at radius 2 is 2.00 bits per heavy atom. The Balaban J connectivity index is 1.62. The highest BCUT2D eigenvalue weighted by Crippen LogP contribution is 2.31. The van der Waals surface area contributed by atoms with E-state index in [4.69, 9.17) is 9.15 Å². The van der Waals surface area contributed by atoms with Gasteiger partial charge in [0.2, 0.25) is 0 Å². The molecule has 0 bridgehead atoms. The molecule has 7 nitrogen and oxygen atoms in total. The molecule has 0 amide bonds. The normalized spacial score (nSPS) is 15.7. The summed E-state index contributed by atoms with van der Waals surface area (Å²) in [5.74, 6) is 1.12. The maximum absolute atomic E-state index is 11.8. The lowest BCUT2D eigenvalue weighted by Gasteiger charge is -2.30. The highest BCUT2D eigenvalue weighted by atomic mass is 16.6. The Kier molecular flexibility index (Phi) is 5.68. The number of furan rings is 1. The van der Waals surface area contributed by atoms with E-state index in [2.05, 4.69) is 4.90 Å². The molecule has 0 N–H and O–H groups in total. The lowest BCUT2D eigenvalue weighted by molar-refractivity contribution is -0.384. The lowest BCUT2D eigenvalue weighted by atomic mass is 9.97. The number of nitrogens with zero attached hydrogens (tertiary/aromatic N) is 2. The summed E-state index contributed by atoms with van der Waals surface area (Å²) in [4.78, 5) is 24.8. The average Bonchev–Trinajstić information content (AvgIpc) is 3.11. The number of rotatable bonds is 6. The molecular weight excluding hydrogens is 336 g/mol. The molecule has 3 rings (SSSR count). The van der Waals surface area contributed by atoms with Crippen LogP contribution in [-0.4, -0.2) is 35.5 Å². The summed E-state index contributed by atoms with van der Waals surface area (Å²) < 4.78 is 10.9. The fourth-order valence-corrected chi connectivity index (χ4v) is 3.26. The largest absolute Gasteiger partial charge is 0.466 e. The first-order chi connectivity index (χ1) is 12.6. The standard InChI is InChI=1S/C19H22N2O5/c1-2-25-19(22)14-9-11-20(12-10-14)13-15-7-8-18(26-15)16-5-3-4-6-17(16)21(23)24/h3-8,14H,2,9-13H2,1H3. The van der Waals surface area contributed by atoms with Crippen molar-refractivity contribution in [3.8, 4) is 11.3 Å². The van der Waals surface area contributed by atoms with Crippen LogP contribution in [0.15, 0.2) is 40.8 Å². The molecule has 1 aliphatic rings. The number of para-hydroxylation sites is 1. The van der Waals surface area contributed by atoms with E-state index in [0.717, 1.165) is 31.7 Å². The molecular formula is C19H22N2O5. The van der Waals surface area contributed by atoms with Crippen LogP contribution < -0.4 is 0 Å². The summed E-state index contributed by atoms with van der Waals surface area (Å²) in [6.07, 6.45) is 1.55. The topological polar surface area (TPSA) is 85.8 Å². The van der Waals surface area contributed by atoms with E-state index in [1.165, 1.54) is 6.07 Å². The zero-order chi connectivity index (χ0) is 18.5. The van der Waals surface area contributed by atoms with Crippen LogP contribution in [0.25, 0.3) is 11.3 Å². The summed E-state index contributed by atoms with van der Waals surface area (Å²) >= 11 is 0. The molecule has 0 aliphatic carbocycles. The van der Waals surface area contributed by atoms with Gasteiger partial charge in [0, 0.05) is 6.07 Å². The first kappa shape index (κ1) is 18.1. The summed E-state index contributed by atoms with van der Waals surface area (Å²) in [7, 11) is 0. The number of carbonyl (C=O) groups excluding carboxylic acids is 1. The van der Waals surface area contributed by atoms with Gasteiger partial charge in [-0.25, -0.2) is 0 Å². The molecule has 1 aliphatic heterocycles. The molecule has 0 saturated carbocycles. The van der Waals surface area contributed by atoms with E-state index in [-0.39, 0.29) is 17.6 Å². The van der Waals surface area contributed by atoms with Crippen LogP contribution in [0, 0.1) is 16.0 Å². The fourth-order valence-electron chi connectivity index (χ4n) is 3.26. The van der Waals surface area contributed by atoms with Gasteiger partial charge < -0.3 is 9.15 Å². The average molecular weight is 358 g/mol. The summed E-state index contributed by atoms with van der Waals surface area (Å²) in [5.41, 5.74) is 0.508. The summed E-state index contributed by atoms with van der Waals surface area (Å²) in [5, 5.41) is 11.2. The second-order valence-corrected chi connectivity index (χ2v) is 6.34. The third kappa shape index (κ3) is 4.11. The number of carbonyl (C=O) groups is 1. The zero-order valence-corrected chi connectivity index (χ0v) is 14.7. The van der Waals surface area contributed by atoms with Crippen LogP contribution in [0.2, 0.25) is 0 Å². The molecule has 2 heterocycles. The first-order valence-electron chi connectivity index (χ1n) is 8.80. The molecule has 7 heteroatoms. The van der Waals surface area contributed by atoms with Crippen LogP contribution in [0.4, 0.5) is 5.69 Å². The quantitative estimate of drug-likeness (QED) is 0.445. The van der Waals surface area contributed by atoms with Crippen molar-refractivity contribution in [2.75, 3.05) is 19.7 Å². The number of piperidine rings is 1. The molecule has 0 spiro atoms. The minimum absolute atomic E-state index is 0.0228. The molecule has 138 valence electrons. The van der Waals surface area contributed by atoms with Crippen molar-refractivity contribution in [2.24, 2.45) is 5.92 Å². The Morgan fingerprint density at radius 3 is 2.69 bits per heavy atom. The van der Waals surface area contributed by atoms with Crippen molar-refractivity contribution in [3.05, 3.63) is 52.3 Å². The Morgan fingerprint density at radius 1 is 1.27 bits per heavy atom. The number of ether oxygens (including phenoxy) is 1. The summed E-state index contributed by atoms with van der Waals surface area (Å²) in [6, 6.07) is 10.2. The molecule has 1 aromatic heterocycles. The van der Waals surface area contributed by atoms with Gasteiger partial charge in [-0.15, -0.1) is 0 Å². The first-order valence-corrected chi connectivity index (χ1v) is 8.80. The Hall–Kier alpha value is -2.67. The van der Waals surface area contributed by atoms with E-state index >= 15 is 0 Å². The van der Waals surface area contributed by atoms with Gasteiger partial charge in [-0.2, -0.15) is 0 Å². The number of hydrogen-bond donors (Lipinski definition) is 0. The van der Waals surface area contributed by atoms with Crippen LogP contribution >= 0.6 is 0 Å². The van der Waals surface area contributed by atoms with E-state index in [9.17, 15) is 14.9 Å². The zero-order valence-electron chi connectivity index (χ0n) is 14.7. The number of esters is 1. The van der Waals surface area contributed by atoms with E-state index < -0.39 is 4.92 Å². The number of hydrogen-bond acceptors (Lipinski definition) is 6. The van der Waals surface area contributed by atoms with Crippen molar-refractivity contribution in [2.45, 2.75) is 26.3 Å². The minimum atomic E-state index is -0.405. The van der Waals surface area contributed by atoms with Gasteiger partial charge in [0.05, 0.1) is 29.6 Å². The second kappa shape index (κ2) is 8.14. The van der Waals surface area contributed by atoms with Crippen molar-refractivity contribution in [1.82, 2.24) is 4.90 Å². The van der Waals surface area contributed by atoms with Gasteiger partial charge in [-0.05, 0) is 51.1 Å². The third-order valence-corrected chi connectivity index (χ3v) is 4.61. The van der Waals surface area contributed by atoms with E-state index in [1.807, 2.05) is 13.0 Å². The van der Waals surface area contributed by atoms with Crippen LogP contribution in [0.3, 0.4) is 0 Å². The predicted molar refractivity (Wildman–Crippen MR) is 95.4 cm³/mol. The van der Waals surface area contributed by atoms with E-state index in [0.29, 0.717) is 24.5 Å². The minimum Gasteiger partial charge on any atom is -0.466 e. The van der Waals surface area contributed by atoms with Gasteiger partial charge in [0.1, 0.15) is 11.5 Å². The Bertz CT molecular complexity index is 778. The van der Waals surface area contributed by atoms with Crippen molar-refractivity contribution in [1.29, 1.82) is 0 Å². The molecule has 1 fully saturated rings. The van der Waals surface area contributed by atoms with Gasteiger partial charge in [-0.3, -0.25) is 19.8 Å². The monoisotopic (exact) mass is 358 g/mol. The third-order valence-electron chi connectivity index (χ3n) is 4.61. The number of nitro groups is 1. The van der Waals surface area contributed by atoms with Crippen molar-refractivity contribution in [3.63, 3.8) is 0 Å². The van der Waals surface area contributed by atoms with Gasteiger partial charge in [0.25, 0.3) is 5.69 Å². The van der Waals surface area contributed by atoms with Crippen LogP contribution in [-0.2, 0) is 16.1 Å². The second-order valence-electron chi connectivity index (χ2n) is 6.34. The van der Waals surface area contributed by atoms with Gasteiger partial charge in [-0.1, -0.05) is 12.1 Å². The molecule has 0 atom stereocenters. The van der Waals surface area contributed by atoms with Gasteiger partial charge >= 0.3 is 5.97 Å². The number of nitro benzene ring substituents is 1. The summed E-state index contributed by atoms with van der Waals surface area (Å²) in [6.45, 7) is 4.45. The molecule has 0 unspecified atom stereocenters. The molecule has 0 radical (unpaired) electrons. The Labute approximate surface area is 151 Å².